The molecule has 2 aromatic carbocycles. The van der Waals surface area contributed by atoms with Crippen molar-refractivity contribution in [2.45, 2.75) is 39.7 Å². The van der Waals surface area contributed by atoms with E-state index in [2.05, 4.69) is 11.9 Å². The maximum Gasteiger partial charge on any atom is 0.312 e. The number of ketones is 1. The third-order valence-corrected chi connectivity index (χ3v) is 5.92. The molecule has 0 saturated carbocycles. The molecular weight excluding hydrogens is 392 g/mol. The van der Waals surface area contributed by atoms with E-state index in [-0.39, 0.29) is 24.7 Å². The zero-order valence-corrected chi connectivity index (χ0v) is 18.0. The van der Waals surface area contributed by atoms with E-state index >= 15 is 0 Å². The number of aryl methyl sites for hydroxylation is 2. The molecule has 0 aliphatic carbocycles. The lowest BCUT2D eigenvalue weighted by Crippen LogP contribution is -2.30. The van der Waals surface area contributed by atoms with Gasteiger partial charge in [0, 0.05) is 40.8 Å². The van der Waals surface area contributed by atoms with Crippen LogP contribution < -0.4 is 4.90 Å². The minimum atomic E-state index is -0.932. The fraction of sp³-hybridized carbons (Fsp3) is 0.320. The number of anilines is 1. The van der Waals surface area contributed by atoms with Crippen LogP contribution in [0.3, 0.4) is 0 Å². The first-order valence-electron chi connectivity index (χ1n) is 10.6. The standard InChI is InChI=1S/C25H26N2O4/c1-4-17-9-11-19(12-10-17)27-14-18(13-22(27)28)25(30)31-16(3)24(29)23-15(2)26-21-8-6-5-7-20(21)23/h5-12,16,18,26H,4,13-14H2,1-3H3/t16-,18+/m1/s1. The van der Waals surface area contributed by atoms with E-state index in [0.717, 1.165) is 28.7 Å². The zero-order valence-electron chi connectivity index (χ0n) is 18.0. The van der Waals surface area contributed by atoms with Gasteiger partial charge in [0.25, 0.3) is 0 Å². The summed E-state index contributed by atoms with van der Waals surface area (Å²) in [6.07, 6.45) is 0.0743. The second-order valence-corrected chi connectivity index (χ2v) is 8.04. The summed E-state index contributed by atoms with van der Waals surface area (Å²) in [5.41, 5.74) is 4.11. The van der Waals surface area contributed by atoms with Crippen molar-refractivity contribution < 1.29 is 19.1 Å². The van der Waals surface area contributed by atoms with Gasteiger partial charge in [-0.25, -0.2) is 0 Å². The molecule has 1 aliphatic rings. The number of rotatable bonds is 6. The number of Topliss-reactive ketones (excluding diaryl/α,β-unsaturated/α-hetero) is 1. The summed E-state index contributed by atoms with van der Waals surface area (Å²) in [5.74, 6) is -1.46. The first-order valence-corrected chi connectivity index (χ1v) is 10.6. The molecule has 31 heavy (non-hydrogen) atoms. The molecule has 1 saturated heterocycles. The SMILES string of the molecule is CCc1ccc(N2C[C@@H](C(=O)O[C@H](C)C(=O)c3c(C)[nH]c4ccccc34)CC2=O)cc1. The van der Waals surface area contributed by atoms with Gasteiger partial charge in [-0.2, -0.15) is 0 Å². The van der Waals surface area contributed by atoms with Crippen molar-refractivity contribution >= 4 is 34.3 Å². The molecular formula is C25H26N2O4. The molecule has 0 bridgehead atoms. The van der Waals surface area contributed by atoms with Gasteiger partial charge < -0.3 is 14.6 Å². The number of aromatic amines is 1. The molecule has 2 heterocycles. The molecule has 1 aliphatic heterocycles. The molecule has 3 aromatic rings. The molecule has 6 nitrogen and oxygen atoms in total. The Morgan fingerprint density at radius 2 is 1.87 bits per heavy atom. The average molecular weight is 418 g/mol. The minimum absolute atomic E-state index is 0.0847. The Bertz CT molecular complexity index is 1150. The summed E-state index contributed by atoms with van der Waals surface area (Å²) in [5, 5.41) is 0.811. The van der Waals surface area contributed by atoms with Crippen molar-refractivity contribution in [1.82, 2.24) is 4.98 Å². The van der Waals surface area contributed by atoms with Crippen molar-refractivity contribution in [2.75, 3.05) is 11.4 Å². The molecule has 1 aromatic heterocycles. The maximum atomic E-state index is 13.0. The summed E-state index contributed by atoms with van der Waals surface area (Å²) in [4.78, 5) is 43.1. The van der Waals surface area contributed by atoms with Gasteiger partial charge in [-0.15, -0.1) is 0 Å². The van der Waals surface area contributed by atoms with Gasteiger partial charge in [0.05, 0.1) is 5.92 Å². The van der Waals surface area contributed by atoms with Crippen molar-refractivity contribution in [2.24, 2.45) is 5.92 Å². The first-order chi connectivity index (χ1) is 14.9. The number of benzene rings is 2. The number of esters is 1. The minimum Gasteiger partial charge on any atom is -0.454 e. The van der Waals surface area contributed by atoms with Gasteiger partial charge in [-0.05, 0) is 44.0 Å². The van der Waals surface area contributed by atoms with Crippen LogP contribution in [0.1, 0.15) is 41.9 Å². The second kappa shape index (κ2) is 8.38. The number of ether oxygens (including phenoxy) is 1. The molecule has 1 N–H and O–H groups in total. The van der Waals surface area contributed by atoms with Gasteiger partial charge >= 0.3 is 5.97 Å². The van der Waals surface area contributed by atoms with Crippen molar-refractivity contribution in [1.29, 1.82) is 0 Å². The van der Waals surface area contributed by atoms with Crippen LogP contribution in [0.2, 0.25) is 0 Å². The summed E-state index contributed by atoms with van der Waals surface area (Å²) < 4.78 is 5.51. The molecule has 2 atom stereocenters. The summed E-state index contributed by atoms with van der Waals surface area (Å²) in [6.45, 7) is 5.75. The number of carbonyl (C=O) groups is 3. The van der Waals surface area contributed by atoms with Gasteiger partial charge in [-0.1, -0.05) is 37.3 Å². The lowest BCUT2D eigenvalue weighted by molar-refractivity contribution is -0.151. The summed E-state index contributed by atoms with van der Waals surface area (Å²) >= 11 is 0. The van der Waals surface area contributed by atoms with Gasteiger partial charge in [0.15, 0.2) is 6.10 Å². The molecule has 4 rings (SSSR count). The number of aromatic nitrogens is 1. The highest BCUT2D eigenvalue weighted by atomic mass is 16.5. The van der Waals surface area contributed by atoms with Crippen molar-refractivity contribution in [3.63, 3.8) is 0 Å². The normalized spacial score (nSPS) is 17.2. The lowest BCUT2D eigenvalue weighted by Gasteiger charge is -2.18. The summed E-state index contributed by atoms with van der Waals surface area (Å²) in [7, 11) is 0. The van der Waals surface area contributed by atoms with E-state index in [1.54, 1.807) is 11.8 Å². The highest BCUT2D eigenvalue weighted by Gasteiger charge is 2.37. The number of nitrogens with one attached hydrogen (secondary N) is 1. The Hall–Kier alpha value is -3.41. The predicted octanol–water partition coefficient (Wildman–Crippen LogP) is 4.21. The van der Waals surface area contributed by atoms with Crippen LogP contribution in [-0.4, -0.2) is 35.3 Å². The van der Waals surface area contributed by atoms with Crippen LogP contribution in [-0.2, 0) is 20.7 Å². The molecule has 0 unspecified atom stereocenters. The van der Waals surface area contributed by atoms with Crippen LogP contribution in [0.15, 0.2) is 48.5 Å². The van der Waals surface area contributed by atoms with Crippen LogP contribution >= 0.6 is 0 Å². The Morgan fingerprint density at radius 1 is 1.16 bits per heavy atom. The molecule has 0 spiro atoms. The van der Waals surface area contributed by atoms with E-state index in [0.29, 0.717) is 5.56 Å². The van der Waals surface area contributed by atoms with E-state index in [4.69, 9.17) is 4.74 Å². The highest BCUT2D eigenvalue weighted by molar-refractivity contribution is 6.11. The molecule has 1 fully saturated rings. The van der Waals surface area contributed by atoms with Crippen LogP contribution in [0.25, 0.3) is 10.9 Å². The Labute approximate surface area is 181 Å². The Kier molecular flexibility index (Phi) is 5.63. The quantitative estimate of drug-likeness (QED) is 0.480. The summed E-state index contributed by atoms with van der Waals surface area (Å²) in [6, 6.07) is 15.3. The lowest BCUT2D eigenvalue weighted by atomic mass is 10.0. The smallest absolute Gasteiger partial charge is 0.312 e. The Morgan fingerprint density at radius 3 is 2.58 bits per heavy atom. The van der Waals surface area contributed by atoms with Crippen LogP contribution in [0, 0.1) is 12.8 Å². The number of amides is 1. The van der Waals surface area contributed by atoms with Crippen molar-refractivity contribution in [3.05, 3.63) is 65.4 Å². The number of fused-ring (bicyclic) bond motifs is 1. The predicted molar refractivity (Wildman–Crippen MR) is 119 cm³/mol. The van der Waals surface area contributed by atoms with Gasteiger partial charge in [0.1, 0.15) is 0 Å². The van der Waals surface area contributed by atoms with E-state index in [1.807, 2.05) is 55.5 Å². The van der Waals surface area contributed by atoms with Crippen molar-refractivity contribution in [3.8, 4) is 0 Å². The zero-order chi connectivity index (χ0) is 22.1. The number of H-pyrrole nitrogens is 1. The fourth-order valence-corrected chi connectivity index (χ4v) is 4.15. The third kappa shape index (κ3) is 3.98. The topological polar surface area (TPSA) is 79.5 Å². The fourth-order valence-electron chi connectivity index (χ4n) is 4.15. The second-order valence-electron chi connectivity index (χ2n) is 8.04. The number of para-hydroxylation sites is 1. The highest BCUT2D eigenvalue weighted by Crippen LogP contribution is 2.28. The van der Waals surface area contributed by atoms with E-state index in [9.17, 15) is 14.4 Å². The van der Waals surface area contributed by atoms with Crippen LogP contribution in [0.4, 0.5) is 5.69 Å². The first kappa shape index (κ1) is 20.8. The molecule has 160 valence electrons. The van der Waals surface area contributed by atoms with Crippen LogP contribution in [0.5, 0.6) is 0 Å². The van der Waals surface area contributed by atoms with E-state index in [1.165, 1.54) is 5.56 Å². The van der Waals surface area contributed by atoms with E-state index < -0.39 is 18.0 Å². The molecule has 1 amide bonds. The molecule has 6 heteroatoms. The average Bonchev–Trinajstić information content (AvgIpc) is 3.32. The van der Waals surface area contributed by atoms with Gasteiger partial charge in [0.2, 0.25) is 11.7 Å². The monoisotopic (exact) mass is 418 g/mol. The number of hydrogen-bond donors (Lipinski definition) is 1. The largest absolute Gasteiger partial charge is 0.454 e. The number of carbonyl (C=O) groups excluding carboxylic acids is 3. The van der Waals surface area contributed by atoms with Gasteiger partial charge in [-0.3, -0.25) is 14.4 Å². The maximum absolute atomic E-state index is 13.0. The molecule has 0 radical (unpaired) electrons. The number of nitrogens with zero attached hydrogens (tertiary/aromatic N) is 1. The number of hydrogen-bond acceptors (Lipinski definition) is 4. The third-order valence-electron chi connectivity index (χ3n) is 5.92. The Balaban J connectivity index is 1.44.